The lowest BCUT2D eigenvalue weighted by Crippen LogP contribution is -1.89. The average molecular weight is 372 g/mol. The zero-order valence-corrected chi connectivity index (χ0v) is 12.3. The Morgan fingerprint density at radius 1 is 0.381 bits per heavy atom. The van der Waals surface area contributed by atoms with Gasteiger partial charge in [0.25, 0.3) is 0 Å². The van der Waals surface area contributed by atoms with E-state index in [2.05, 4.69) is 0 Å². The molecule has 0 spiro atoms. The summed E-state index contributed by atoms with van der Waals surface area (Å²) in [6, 6.07) is 12.0. The second-order valence-corrected chi connectivity index (χ2v) is 5.19. The third kappa shape index (κ3) is 229. The zero-order chi connectivity index (χ0) is 17.7. The standard InChI is InChI=1S/C6H6.3H2O4S/c1-2-4-6-5-3-1;3*1-5(2,3)4/h1-6H;3*(H2,1,2,3,4). The molecule has 0 heterocycles. The van der Waals surface area contributed by atoms with Crippen LogP contribution in [-0.4, -0.2) is 52.6 Å². The molecule has 1 aromatic rings. The van der Waals surface area contributed by atoms with Crippen molar-refractivity contribution in [2.75, 3.05) is 0 Å². The third-order valence-corrected chi connectivity index (χ3v) is 0.667. The number of hydrogen-bond donors (Lipinski definition) is 6. The number of hydrogen-bond acceptors (Lipinski definition) is 6. The second-order valence-electron chi connectivity index (χ2n) is 2.50. The molecule has 0 radical (unpaired) electrons. The van der Waals surface area contributed by atoms with E-state index < -0.39 is 31.2 Å². The topological polar surface area (TPSA) is 224 Å². The van der Waals surface area contributed by atoms with Gasteiger partial charge in [-0.3, -0.25) is 27.3 Å². The Bertz CT molecular complexity index is 522. The van der Waals surface area contributed by atoms with Gasteiger partial charge < -0.3 is 0 Å². The highest BCUT2D eigenvalue weighted by Crippen LogP contribution is 1.79. The first-order valence-electron chi connectivity index (χ1n) is 4.10. The number of benzene rings is 1. The highest BCUT2D eigenvalue weighted by molar-refractivity contribution is 7.80. The summed E-state index contributed by atoms with van der Waals surface area (Å²) in [5, 5.41) is 0. The molecule has 21 heavy (non-hydrogen) atoms. The predicted octanol–water partition coefficient (Wildman–Crippen LogP) is -0.272. The fourth-order valence-corrected chi connectivity index (χ4v) is 0.385. The van der Waals surface area contributed by atoms with Crippen molar-refractivity contribution >= 4 is 31.2 Å². The van der Waals surface area contributed by atoms with Crippen LogP contribution < -0.4 is 0 Å². The summed E-state index contributed by atoms with van der Waals surface area (Å²) in [5.41, 5.74) is 0. The van der Waals surface area contributed by atoms with Crippen molar-refractivity contribution in [3.8, 4) is 0 Å². The van der Waals surface area contributed by atoms with Gasteiger partial charge in [-0.1, -0.05) is 36.4 Å². The first kappa shape index (κ1) is 24.8. The summed E-state index contributed by atoms with van der Waals surface area (Å²) in [5.74, 6) is 0. The van der Waals surface area contributed by atoms with Crippen molar-refractivity contribution in [3.05, 3.63) is 36.4 Å². The maximum Gasteiger partial charge on any atom is 0.394 e. The minimum absolute atomic E-state index is 2.00. The van der Waals surface area contributed by atoms with Crippen LogP contribution in [0.5, 0.6) is 0 Å². The lowest BCUT2D eigenvalue weighted by atomic mass is 10.4. The normalized spacial score (nSPS) is 10.6. The van der Waals surface area contributed by atoms with Gasteiger partial charge in [0.2, 0.25) is 0 Å². The average Bonchev–Trinajstić information content (AvgIpc) is 2.12. The summed E-state index contributed by atoms with van der Waals surface area (Å²) in [7, 11) is -14.0. The Hall–Kier alpha value is -1.17. The maximum atomic E-state index is 8.74. The highest BCUT2D eigenvalue weighted by Gasteiger charge is 1.85. The fraction of sp³-hybridized carbons (Fsp3) is 0. The Kier molecular flexibility index (Phi) is 13.6. The minimum atomic E-state index is -4.67. The van der Waals surface area contributed by atoms with E-state index in [9.17, 15) is 0 Å². The zero-order valence-electron chi connectivity index (χ0n) is 9.82. The Morgan fingerprint density at radius 3 is 0.476 bits per heavy atom. The summed E-state index contributed by atoms with van der Waals surface area (Å²) in [6.07, 6.45) is 0. The molecular weight excluding hydrogens is 360 g/mol. The molecule has 0 saturated carbocycles. The summed E-state index contributed by atoms with van der Waals surface area (Å²) in [6.45, 7) is 0. The van der Waals surface area contributed by atoms with E-state index in [1.54, 1.807) is 0 Å². The van der Waals surface area contributed by atoms with Crippen LogP contribution in [-0.2, 0) is 31.2 Å². The van der Waals surface area contributed by atoms with Crippen molar-refractivity contribution in [2.45, 2.75) is 0 Å². The van der Waals surface area contributed by atoms with Gasteiger partial charge in [-0.05, 0) is 0 Å². The molecule has 0 saturated heterocycles. The lowest BCUT2D eigenvalue weighted by molar-refractivity contribution is 0.378. The first-order chi connectivity index (χ1) is 9.00. The van der Waals surface area contributed by atoms with E-state index in [1.165, 1.54) is 0 Å². The van der Waals surface area contributed by atoms with E-state index in [1.807, 2.05) is 36.4 Å². The third-order valence-electron chi connectivity index (χ3n) is 0.667. The van der Waals surface area contributed by atoms with Gasteiger partial charge in [-0.15, -0.1) is 0 Å². The highest BCUT2D eigenvalue weighted by atomic mass is 32.3. The summed E-state index contributed by atoms with van der Waals surface area (Å²) >= 11 is 0. The van der Waals surface area contributed by atoms with Crippen LogP contribution in [0.2, 0.25) is 0 Å². The second kappa shape index (κ2) is 11.5. The lowest BCUT2D eigenvalue weighted by Gasteiger charge is -1.69. The Morgan fingerprint density at radius 2 is 0.429 bits per heavy atom. The van der Waals surface area contributed by atoms with Crippen LogP contribution in [0.3, 0.4) is 0 Å². The van der Waals surface area contributed by atoms with E-state index in [0.29, 0.717) is 0 Å². The van der Waals surface area contributed by atoms with Gasteiger partial charge in [0.05, 0.1) is 0 Å². The van der Waals surface area contributed by atoms with Gasteiger partial charge in [0.1, 0.15) is 0 Å². The van der Waals surface area contributed by atoms with E-state index >= 15 is 0 Å². The number of rotatable bonds is 0. The monoisotopic (exact) mass is 372 g/mol. The van der Waals surface area contributed by atoms with Gasteiger partial charge in [0, 0.05) is 0 Å². The molecule has 12 nitrogen and oxygen atoms in total. The Labute approximate surface area is 120 Å². The van der Waals surface area contributed by atoms with Crippen molar-refractivity contribution in [3.63, 3.8) is 0 Å². The smallest absolute Gasteiger partial charge is 0.264 e. The van der Waals surface area contributed by atoms with Crippen molar-refractivity contribution in [1.82, 2.24) is 0 Å². The molecule has 0 amide bonds. The molecule has 0 aliphatic carbocycles. The van der Waals surface area contributed by atoms with E-state index in [0.717, 1.165) is 0 Å². The van der Waals surface area contributed by atoms with Crippen molar-refractivity contribution < 1.29 is 52.6 Å². The summed E-state index contributed by atoms with van der Waals surface area (Å²) in [4.78, 5) is 0. The largest absolute Gasteiger partial charge is 0.394 e. The van der Waals surface area contributed by atoms with Gasteiger partial charge in [-0.2, -0.15) is 25.3 Å². The predicted molar refractivity (Wildman–Crippen MR) is 69.0 cm³/mol. The van der Waals surface area contributed by atoms with Crippen LogP contribution in [0.4, 0.5) is 0 Å². The molecule has 0 aromatic heterocycles. The van der Waals surface area contributed by atoms with Gasteiger partial charge in [0.15, 0.2) is 0 Å². The van der Waals surface area contributed by atoms with Crippen LogP contribution in [0.25, 0.3) is 0 Å². The molecule has 0 unspecified atom stereocenters. The molecule has 1 aromatic carbocycles. The first-order valence-corrected chi connectivity index (χ1v) is 8.29. The molecule has 0 aliphatic rings. The quantitative estimate of drug-likeness (QED) is 0.323. The minimum Gasteiger partial charge on any atom is -0.264 e. The molecule has 1 rings (SSSR count). The van der Waals surface area contributed by atoms with Crippen LogP contribution in [0.15, 0.2) is 36.4 Å². The van der Waals surface area contributed by atoms with Crippen molar-refractivity contribution in [1.29, 1.82) is 0 Å². The molecule has 0 atom stereocenters. The van der Waals surface area contributed by atoms with Gasteiger partial charge in [-0.25, -0.2) is 0 Å². The molecule has 6 N–H and O–H groups in total. The van der Waals surface area contributed by atoms with Gasteiger partial charge >= 0.3 is 31.2 Å². The fourth-order valence-electron chi connectivity index (χ4n) is 0.385. The van der Waals surface area contributed by atoms with Crippen molar-refractivity contribution in [2.24, 2.45) is 0 Å². The van der Waals surface area contributed by atoms with E-state index in [-0.39, 0.29) is 0 Å². The molecule has 0 bridgehead atoms. The van der Waals surface area contributed by atoms with Crippen LogP contribution in [0.1, 0.15) is 0 Å². The maximum absolute atomic E-state index is 8.74. The van der Waals surface area contributed by atoms with Crippen LogP contribution >= 0.6 is 0 Å². The molecule has 0 aliphatic heterocycles. The molecule has 15 heteroatoms. The Balaban J connectivity index is -0.000000207. The van der Waals surface area contributed by atoms with Crippen LogP contribution in [0, 0.1) is 0 Å². The molecular formula is C6H12O12S3. The molecule has 126 valence electrons. The summed E-state index contributed by atoms with van der Waals surface area (Å²) < 4.78 is 94.8. The van der Waals surface area contributed by atoms with E-state index in [4.69, 9.17) is 52.6 Å². The molecule has 0 fully saturated rings. The SMILES string of the molecule is O=S(=O)(O)O.O=S(=O)(O)O.O=S(=O)(O)O.c1ccccc1.